The van der Waals surface area contributed by atoms with Crippen LogP contribution in [0.5, 0.6) is 5.75 Å². The molecule has 0 N–H and O–H groups in total. The summed E-state index contributed by atoms with van der Waals surface area (Å²) in [7, 11) is 0. The topological polar surface area (TPSA) is 56.3 Å². The number of pyridine rings is 1. The second-order valence-electron chi connectivity index (χ2n) is 5.73. The van der Waals surface area contributed by atoms with Crippen molar-refractivity contribution in [1.29, 1.82) is 0 Å². The molecule has 0 unspecified atom stereocenters. The Hall–Kier alpha value is -2.49. The smallest absolute Gasteiger partial charge is 0.362 e. The van der Waals surface area contributed by atoms with Crippen molar-refractivity contribution in [2.45, 2.75) is 26.2 Å². The molecular formula is C17H17NO3. The molecule has 0 saturated carbocycles. The van der Waals surface area contributed by atoms with Crippen molar-refractivity contribution in [1.82, 2.24) is 4.98 Å². The lowest BCUT2D eigenvalue weighted by Crippen LogP contribution is -2.13. The van der Waals surface area contributed by atoms with Crippen molar-refractivity contribution < 1.29 is 14.3 Å². The summed E-state index contributed by atoms with van der Waals surface area (Å²) in [6, 6.07) is 12.0. The molecule has 0 aliphatic rings. The first-order chi connectivity index (χ1) is 9.90. The maximum absolute atomic E-state index is 12.0. The van der Waals surface area contributed by atoms with Crippen LogP contribution in [0.4, 0.5) is 0 Å². The van der Waals surface area contributed by atoms with Gasteiger partial charge in [0.1, 0.15) is 17.1 Å². The standard InChI is InChI=1S/C17H17NO3/c1-17(2,3)12-7-9-14(10-8-12)21-16(20)15-6-4-5-13(11-19)18-15/h4-11H,1-3H3. The third-order valence-corrected chi connectivity index (χ3v) is 3.03. The number of aldehydes is 1. The van der Waals surface area contributed by atoms with Gasteiger partial charge < -0.3 is 4.74 Å². The van der Waals surface area contributed by atoms with Gasteiger partial charge in [0, 0.05) is 0 Å². The lowest BCUT2D eigenvalue weighted by atomic mass is 9.87. The van der Waals surface area contributed by atoms with E-state index in [1.165, 1.54) is 12.1 Å². The highest BCUT2D eigenvalue weighted by molar-refractivity contribution is 5.89. The van der Waals surface area contributed by atoms with Crippen molar-refractivity contribution in [3.63, 3.8) is 0 Å². The third kappa shape index (κ3) is 3.75. The largest absolute Gasteiger partial charge is 0.422 e. The van der Waals surface area contributed by atoms with Gasteiger partial charge >= 0.3 is 5.97 Å². The second-order valence-corrected chi connectivity index (χ2v) is 5.73. The van der Waals surface area contributed by atoms with E-state index in [0.717, 1.165) is 5.56 Å². The SMILES string of the molecule is CC(C)(C)c1ccc(OC(=O)c2cccc(C=O)n2)cc1. The van der Waals surface area contributed by atoms with Gasteiger partial charge in [-0.2, -0.15) is 0 Å². The van der Waals surface area contributed by atoms with Crippen LogP contribution in [0, 0.1) is 0 Å². The van der Waals surface area contributed by atoms with Crippen molar-refractivity contribution in [2.75, 3.05) is 0 Å². The summed E-state index contributed by atoms with van der Waals surface area (Å²) in [5, 5.41) is 0. The summed E-state index contributed by atoms with van der Waals surface area (Å²) in [6.07, 6.45) is 0.592. The molecule has 0 radical (unpaired) electrons. The maximum Gasteiger partial charge on any atom is 0.362 e. The molecule has 0 amide bonds. The molecule has 2 aromatic rings. The summed E-state index contributed by atoms with van der Waals surface area (Å²) in [4.78, 5) is 26.5. The van der Waals surface area contributed by atoms with Gasteiger partial charge in [-0.05, 0) is 35.2 Å². The molecule has 0 bridgehead atoms. The van der Waals surface area contributed by atoms with Gasteiger partial charge in [0.25, 0.3) is 0 Å². The molecule has 0 aliphatic heterocycles. The highest BCUT2D eigenvalue weighted by Gasteiger charge is 2.14. The van der Waals surface area contributed by atoms with Gasteiger partial charge in [-0.25, -0.2) is 9.78 Å². The minimum Gasteiger partial charge on any atom is -0.422 e. The van der Waals surface area contributed by atoms with Crippen molar-refractivity contribution in [3.8, 4) is 5.75 Å². The summed E-state index contributed by atoms with van der Waals surface area (Å²) < 4.78 is 5.25. The Morgan fingerprint density at radius 2 is 1.76 bits per heavy atom. The number of carbonyl (C=O) groups is 2. The first kappa shape index (κ1) is 14.9. The quantitative estimate of drug-likeness (QED) is 0.492. The summed E-state index contributed by atoms with van der Waals surface area (Å²) in [5.41, 5.74) is 1.51. The number of nitrogens with zero attached hydrogens (tertiary/aromatic N) is 1. The van der Waals surface area contributed by atoms with Gasteiger partial charge in [-0.1, -0.05) is 39.0 Å². The summed E-state index contributed by atoms with van der Waals surface area (Å²) >= 11 is 0. The Labute approximate surface area is 123 Å². The van der Waals surface area contributed by atoms with Gasteiger partial charge in [0.05, 0.1) is 0 Å². The first-order valence-electron chi connectivity index (χ1n) is 6.65. The lowest BCUT2D eigenvalue weighted by Gasteiger charge is -2.18. The van der Waals surface area contributed by atoms with Gasteiger partial charge in [-0.15, -0.1) is 0 Å². The monoisotopic (exact) mass is 283 g/mol. The highest BCUT2D eigenvalue weighted by atomic mass is 16.5. The van der Waals surface area contributed by atoms with Crippen LogP contribution in [0.1, 0.15) is 47.3 Å². The Morgan fingerprint density at radius 1 is 1.10 bits per heavy atom. The van der Waals surface area contributed by atoms with E-state index in [4.69, 9.17) is 4.74 Å². The average Bonchev–Trinajstić information content (AvgIpc) is 2.47. The zero-order chi connectivity index (χ0) is 15.5. The Morgan fingerprint density at radius 3 is 2.33 bits per heavy atom. The fourth-order valence-corrected chi connectivity index (χ4v) is 1.81. The molecule has 108 valence electrons. The third-order valence-electron chi connectivity index (χ3n) is 3.03. The Bertz CT molecular complexity index is 654. The minimum atomic E-state index is -0.581. The predicted molar refractivity (Wildman–Crippen MR) is 79.7 cm³/mol. The molecule has 2 rings (SSSR count). The van der Waals surface area contributed by atoms with E-state index in [-0.39, 0.29) is 16.8 Å². The van der Waals surface area contributed by atoms with Crippen LogP contribution in [0.2, 0.25) is 0 Å². The fraction of sp³-hybridized carbons (Fsp3) is 0.235. The van der Waals surface area contributed by atoms with Crippen LogP contribution in [0.15, 0.2) is 42.5 Å². The highest BCUT2D eigenvalue weighted by Crippen LogP contribution is 2.24. The van der Waals surface area contributed by atoms with Gasteiger partial charge in [0.15, 0.2) is 6.29 Å². The van der Waals surface area contributed by atoms with Crippen LogP contribution in [0.3, 0.4) is 0 Å². The minimum absolute atomic E-state index is 0.0440. The fourth-order valence-electron chi connectivity index (χ4n) is 1.81. The molecule has 4 heteroatoms. The summed E-state index contributed by atoms with van der Waals surface area (Å²) in [6.45, 7) is 6.34. The van der Waals surface area contributed by atoms with Crippen molar-refractivity contribution in [2.24, 2.45) is 0 Å². The molecule has 1 heterocycles. The molecule has 4 nitrogen and oxygen atoms in total. The molecule has 0 saturated heterocycles. The first-order valence-corrected chi connectivity index (χ1v) is 6.65. The van der Waals surface area contributed by atoms with E-state index < -0.39 is 5.97 Å². The van der Waals surface area contributed by atoms with E-state index in [9.17, 15) is 9.59 Å². The van der Waals surface area contributed by atoms with Crippen molar-refractivity contribution >= 4 is 12.3 Å². The van der Waals surface area contributed by atoms with Gasteiger partial charge in [-0.3, -0.25) is 4.79 Å². The molecule has 1 aromatic heterocycles. The molecule has 0 spiro atoms. The zero-order valence-electron chi connectivity index (χ0n) is 12.3. The van der Waals surface area contributed by atoms with E-state index >= 15 is 0 Å². The predicted octanol–water partition coefficient (Wildman–Crippen LogP) is 3.41. The number of hydrogen-bond donors (Lipinski definition) is 0. The van der Waals surface area contributed by atoms with Crippen LogP contribution in [0.25, 0.3) is 0 Å². The molecule has 0 fully saturated rings. The number of benzene rings is 1. The lowest BCUT2D eigenvalue weighted by molar-refractivity contribution is 0.0728. The van der Waals surface area contributed by atoms with E-state index in [0.29, 0.717) is 12.0 Å². The van der Waals surface area contributed by atoms with E-state index in [1.54, 1.807) is 18.2 Å². The Kier molecular flexibility index (Phi) is 4.17. The number of carbonyl (C=O) groups excluding carboxylic acids is 2. The van der Waals surface area contributed by atoms with Gasteiger partial charge in [0.2, 0.25) is 0 Å². The van der Waals surface area contributed by atoms with Crippen LogP contribution in [-0.2, 0) is 5.41 Å². The van der Waals surface area contributed by atoms with Crippen LogP contribution < -0.4 is 4.74 Å². The normalized spacial score (nSPS) is 11.0. The molecule has 0 atom stereocenters. The summed E-state index contributed by atoms with van der Waals surface area (Å²) in [5.74, 6) is -0.131. The number of hydrogen-bond acceptors (Lipinski definition) is 4. The van der Waals surface area contributed by atoms with Crippen LogP contribution in [-0.4, -0.2) is 17.2 Å². The van der Waals surface area contributed by atoms with E-state index in [1.807, 2.05) is 12.1 Å². The second kappa shape index (κ2) is 5.87. The van der Waals surface area contributed by atoms with Crippen LogP contribution >= 0.6 is 0 Å². The molecule has 21 heavy (non-hydrogen) atoms. The zero-order valence-corrected chi connectivity index (χ0v) is 12.3. The number of ether oxygens (including phenoxy) is 1. The average molecular weight is 283 g/mol. The number of aromatic nitrogens is 1. The molecule has 0 aliphatic carbocycles. The Balaban J connectivity index is 2.14. The molecular weight excluding hydrogens is 266 g/mol. The number of esters is 1. The number of rotatable bonds is 3. The maximum atomic E-state index is 12.0. The van der Waals surface area contributed by atoms with E-state index in [2.05, 4.69) is 25.8 Å². The van der Waals surface area contributed by atoms with Crippen molar-refractivity contribution in [3.05, 3.63) is 59.4 Å². The molecule has 1 aromatic carbocycles.